The molecular formula is C24H25FN8O3S. The van der Waals surface area contributed by atoms with Crippen LogP contribution in [0, 0.1) is 5.82 Å². The average Bonchev–Trinajstić information content (AvgIpc) is 3.53. The first-order valence-corrected chi connectivity index (χ1v) is 12.2. The van der Waals surface area contributed by atoms with Gasteiger partial charge in [-0.05, 0) is 18.6 Å². The van der Waals surface area contributed by atoms with Crippen LogP contribution in [0.4, 0.5) is 15.3 Å². The van der Waals surface area contributed by atoms with Gasteiger partial charge in [-0.1, -0.05) is 17.4 Å². The van der Waals surface area contributed by atoms with Crippen LogP contribution in [0.2, 0.25) is 0 Å². The summed E-state index contributed by atoms with van der Waals surface area (Å²) >= 11 is 1.26. The Bertz CT molecular complexity index is 1380. The fourth-order valence-corrected chi connectivity index (χ4v) is 4.22. The molecule has 0 aromatic carbocycles. The molecule has 0 spiro atoms. The molecule has 0 aliphatic heterocycles. The molecule has 11 nitrogen and oxygen atoms in total. The number of carbonyl (C=O) groups is 2. The predicted octanol–water partition coefficient (Wildman–Crippen LogP) is 2.66. The normalized spacial score (nSPS) is 11.7. The second kappa shape index (κ2) is 12.6. The first-order chi connectivity index (χ1) is 18.1. The summed E-state index contributed by atoms with van der Waals surface area (Å²) in [5, 5.41) is 8.94. The zero-order valence-electron chi connectivity index (χ0n) is 19.8. The quantitative estimate of drug-likeness (QED) is 0.130. The van der Waals surface area contributed by atoms with Crippen LogP contribution in [0.25, 0.3) is 21.6 Å². The minimum absolute atomic E-state index is 0.0680. The van der Waals surface area contributed by atoms with Gasteiger partial charge in [0.05, 0.1) is 36.1 Å². The Morgan fingerprint density at radius 3 is 2.97 bits per heavy atom. The van der Waals surface area contributed by atoms with E-state index in [1.165, 1.54) is 29.7 Å². The third-order valence-corrected chi connectivity index (χ3v) is 6.15. The van der Waals surface area contributed by atoms with Crippen LogP contribution in [0.5, 0.6) is 0 Å². The Morgan fingerprint density at radius 2 is 2.16 bits per heavy atom. The fraction of sp³-hybridized carbons (Fsp3) is 0.250. The molecule has 0 fully saturated rings. The van der Waals surface area contributed by atoms with E-state index in [4.69, 9.17) is 4.74 Å². The largest absolute Gasteiger partial charge is 0.378 e. The van der Waals surface area contributed by atoms with E-state index in [-0.39, 0.29) is 18.2 Å². The van der Waals surface area contributed by atoms with Crippen LogP contribution in [-0.4, -0.2) is 62.6 Å². The molecule has 3 N–H and O–H groups in total. The molecule has 4 rings (SSSR count). The lowest BCUT2D eigenvalue weighted by molar-refractivity contribution is -0.127. The number of halogens is 1. The van der Waals surface area contributed by atoms with Crippen LogP contribution in [-0.2, 0) is 20.9 Å². The number of amides is 2. The fourth-order valence-electron chi connectivity index (χ4n) is 3.40. The van der Waals surface area contributed by atoms with E-state index in [1.54, 1.807) is 24.8 Å². The van der Waals surface area contributed by atoms with Gasteiger partial charge in [0, 0.05) is 31.5 Å². The van der Waals surface area contributed by atoms with Gasteiger partial charge in [0.15, 0.2) is 5.13 Å². The third-order valence-electron chi connectivity index (χ3n) is 5.23. The summed E-state index contributed by atoms with van der Waals surface area (Å²) < 4.78 is 21.3. The number of anilines is 2. The molecule has 4 aromatic rings. The number of thiazole rings is 1. The number of imidazole rings is 1. The first-order valence-electron chi connectivity index (χ1n) is 11.4. The number of rotatable bonds is 14. The van der Waals surface area contributed by atoms with Gasteiger partial charge in [0.2, 0.25) is 12.3 Å². The standard InChI is InChI=1S/C24H25FN8O3S/c1-2-3-9-36-13-18(31-15-34)23(35)27-7-8-33-14-30-17-11-28-21(10-19(17)33)32-24-29-12-20(37-24)22-16(25)5-4-6-26-22/h2,4-6,10-12,14-15,18H,1,3,7-9,13H2,(H,27,35)(H,31,34)(H,28,29,32). The number of nitrogens with one attached hydrogen (secondary N) is 3. The molecule has 4 aromatic heterocycles. The average molecular weight is 525 g/mol. The van der Waals surface area contributed by atoms with Crippen molar-refractivity contribution in [3.63, 3.8) is 0 Å². The molecule has 1 atom stereocenters. The molecule has 1 unspecified atom stereocenters. The molecule has 2 amide bonds. The summed E-state index contributed by atoms with van der Waals surface area (Å²) in [4.78, 5) is 41.0. The lowest BCUT2D eigenvalue weighted by Crippen LogP contribution is -2.47. The molecule has 0 bridgehead atoms. The molecular weight excluding hydrogens is 499 g/mol. The van der Waals surface area contributed by atoms with E-state index < -0.39 is 11.9 Å². The van der Waals surface area contributed by atoms with Crippen molar-refractivity contribution in [1.29, 1.82) is 0 Å². The molecule has 0 radical (unpaired) electrons. The topological polar surface area (TPSA) is 136 Å². The SMILES string of the molecule is C=CCCOCC(NC=O)C(=O)NCCn1cnc2cnc(Nc3ncc(-c4ncccc4F)s3)cc21. The van der Waals surface area contributed by atoms with E-state index in [1.807, 2.05) is 10.6 Å². The van der Waals surface area contributed by atoms with E-state index in [2.05, 4.69) is 42.5 Å². The van der Waals surface area contributed by atoms with Gasteiger partial charge in [-0.15, -0.1) is 6.58 Å². The summed E-state index contributed by atoms with van der Waals surface area (Å²) in [7, 11) is 0. The zero-order chi connectivity index (χ0) is 26.0. The number of nitrogens with zero attached hydrogens (tertiary/aromatic N) is 5. The van der Waals surface area contributed by atoms with Gasteiger partial charge in [-0.25, -0.2) is 19.3 Å². The summed E-state index contributed by atoms with van der Waals surface area (Å²) in [6.45, 7) is 4.85. The summed E-state index contributed by atoms with van der Waals surface area (Å²) in [5.41, 5.74) is 1.73. The Hall–Kier alpha value is -4.23. The van der Waals surface area contributed by atoms with E-state index >= 15 is 0 Å². The van der Waals surface area contributed by atoms with Gasteiger partial charge in [-0.2, -0.15) is 0 Å². The number of hydrogen-bond acceptors (Lipinski definition) is 9. The Balaban J connectivity index is 1.37. The first kappa shape index (κ1) is 25.9. The van der Waals surface area contributed by atoms with Crippen LogP contribution in [0.15, 0.2) is 55.8 Å². The van der Waals surface area contributed by atoms with Gasteiger partial charge in [-0.3, -0.25) is 14.6 Å². The van der Waals surface area contributed by atoms with Crippen LogP contribution >= 0.6 is 11.3 Å². The van der Waals surface area contributed by atoms with Crippen molar-refractivity contribution in [3.05, 3.63) is 61.6 Å². The molecule has 0 aliphatic carbocycles. The second-order valence-corrected chi connectivity index (χ2v) is 8.80. The summed E-state index contributed by atoms with van der Waals surface area (Å²) in [6, 6.07) is 3.92. The number of ether oxygens (including phenoxy) is 1. The lowest BCUT2D eigenvalue weighted by atomic mass is 10.3. The molecule has 4 heterocycles. The molecule has 0 saturated carbocycles. The lowest BCUT2D eigenvalue weighted by Gasteiger charge is -2.16. The van der Waals surface area contributed by atoms with E-state index in [0.29, 0.717) is 53.9 Å². The molecule has 192 valence electrons. The van der Waals surface area contributed by atoms with Gasteiger partial charge in [0.25, 0.3) is 0 Å². The van der Waals surface area contributed by atoms with Gasteiger partial charge < -0.3 is 25.3 Å². The van der Waals surface area contributed by atoms with E-state index in [0.717, 1.165) is 5.52 Å². The van der Waals surface area contributed by atoms with Crippen LogP contribution in [0.1, 0.15) is 6.42 Å². The Morgan fingerprint density at radius 1 is 1.27 bits per heavy atom. The highest BCUT2D eigenvalue weighted by atomic mass is 32.1. The van der Waals surface area contributed by atoms with Crippen LogP contribution < -0.4 is 16.0 Å². The minimum Gasteiger partial charge on any atom is -0.378 e. The van der Waals surface area contributed by atoms with Crippen molar-refractivity contribution in [3.8, 4) is 10.6 Å². The number of fused-ring (bicyclic) bond motifs is 1. The second-order valence-electron chi connectivity index (χ2n) is 7.77. The highest BCUT2D eigenvalue weighted by Crippen LogP contribution is 2.30. The number of pyridine rings is 2. The number of carbonyl (C=O) groups excluding carboxylic acids is 2. The summed E-state index contributed by atoms with van der Waals surface area (Å²) in [6.07, 6.45) is 9.22. The van der Waals surface area contributed by atoms with Crippen molar-refractivity contribution in [2.45, 2.75) is 19.0 Å². The predicted molar refractivity (Wildman–Crippen MR) is 138 cm³/mol. The molecule has 13 heteroatoms. The number of aromatic nitrogens is 5. The number of hydrogen-bond donors (Lipinski definition) is 3. The summed E-state index contributed by atoms with van der Waals surface area (Å²) in [5.74, 6) is -0.225. The highest BCUT2D eigenvalue weighted by Gasteiger charge is 2.17. The van der Waals surface area contributed by atoms with Crippen molar-refractivity contribution >= 4 is 45.6 Å². The van der Waals surface area contributed by atoms with Crippen molar-refractivity contribution in [2.24, 2.45) is 0 Å². The van der Waals surface area contributed by atoms with Gasteiger partial charge >= 0.3 is 0 Å². The van der Waals surface area contributed by atoms with Crippen molar-refractivity contribution in [2.75, 3.05) is 25.1 Å². The zero-order valence-corrected chi connectivity index (χ0v) is 20.6. The molecule has 0 saturated heterocycles. The molecule has 37 heavy (non-hydrogen) atoms. The Labute approximate surface area is 215 Å². The highest BCUT2D eigenvalue weighted by molar-refractivity contribution is 7.18. The maximum Gasteiger partial charge on any atom is 0.245 e. The monoisotopic (exact) mass is 524 g/mol. The van der Waals surface area contributed by atoms with E-state index in [9.17, 15) is 14.0 Å². The van der Waals surface area contributed by atoms with Crippen molar-refractivity contribution in [1.82, 2.24) is 35.1 Å². The third kappa shape index (κ3) is 6.71. The van der Waals surface area contributed by atoms with Gasteiger partial charge in [0.1, 0.15) is 28.9 Å². The maximum atomic E-state index is 14.0. The molecule has 0 aliphatic rings. The van der Waals surface area contributed by atoms with Crippen LogP contribution in [0.3, 0.4) is 0 Å². The smallest absolute Gasteiger partial charge is 0.245 e. The van der Waals surface area contributed by atoms with Crippen molar-refractivity contribution < 1.29 is 18.7 Å². The Kier molecular flexibility index (Phi) is 8.84. The maximum absolute atomic E-state index is 14.0. The minimum atomic E-state index is -0.787.